The van der Waals surface area contributed by atoms with Gasteiger partial charge in [0, 0.05) is 43.2 Å². The first-order valence-electron chi connectivity index (χ1n) is 9.40. The SMILES string of the molecule is COc1cccc(-c2cncc(C3CCCN(C(=O)c4cccnc4)C3)n2)c1. The van der Waals surface area contributed by atoms with Gasteiger partial charge in [0.1, 0.15) is 5.75 Å². The smallest absolute Gasteiger partial charge is 0.255 e. The van der Waals surface area contributed by atoms with Crippen LogP contribution in [-0.2, 0) is 0 Å². The lowest BCUT2D eigenvalue weighted by Gasteiger charge is -2.32. The zero-order valence-corrected chi connectivity index (χ0v) is 15.8. The Balaban J connectivity index is 1.55. The average Bonchev–Trinajstić information content (AvgIpc) is 2.79. The van der Waals surface area contributed by atoms with E-state index in [0.29, 0.717) is 12.1 Å². The second-order valence-corrected chi connectivity index (χ2v) is 6.89. The summed E-state index contributed by atoms with van der Waals surface area (Å²) in [6.45, 7) is 1.40. The largest absolute Gasteiger partial charge is 0.497 e. The third kappa shape index (κ3) is 3.86. The van der Waals surface area contributed by atoms with E-state index in [1.165, 1.54) is 0 Å². The number of rotatable bonds is 4. The molecular weight excluding hydrogens is 352 g/mol. The number of ether oxygens (including phenoxy) is 1. The highest BCUT2D eigenvalue weighted by molar-refractivity contribution is 5.94. The van der Waals surface area contributed by atoms with Crippen molar-refractivity contribution in [3.63, 3.8) is 0 Å². The summed E-state index contributed by atoms with van der Waals surface area (Å²) in [5, 5.41) is 0. The molecule has 0 bridgehead atoms. The van der Waals surface area contributed by atoms with E-state index in [-0.39, 0.29) is 11.8 Å². The van der Waals surface area contributed by atoms with Gasteiger partial charge in [0.2, 0.25) is 0 Å². The minimum Gasteiger partial charge on any atom is -0.497 e. The molecule has 1 aliphatic rings. The lowest BCUT2D eigenvalue weighted by atomic mass is 9.94. The standard InChI is InChI=1S/C22H22N4O2/c1-28-19-8-2-5-16(11-19)20-13-24-14-21(25-20)18-7-4-10-26(15-18)22(27)17-6-3-9-23-12-17/h2-3,5-6,8-9,11-14,18H,4,7,10,15H2,1H3. The van der Waals surface area contributed by atoms with Crippen LogP contribution in [0.2, 0.25) is 0 Å². The summed E-state index contributed by atoms with van der Waals surface area (Å²) in [6, 6.07) is 11.4. The van der Waals surface area contributed by atoms with E-state index in [1.807, 2.05) is 41.4 Å². The maximum absolute atomic E-state index is 12.8. The minimum absolute atomic E-state index is 0.0229. The fraction of sp³-hybridized carbons (Fsp3) is 0.273. The molecule has 0 spiro atoms. The zero-order chi connectivity index (χ0) is 19.3. The van der Waals surface area contributed by atoms with Crippen molar-refractivity contribution in [2.45, 2.75) is 18.8 Å². The van der Waals surface area contributed by atoms with E-state index in [1.54, 1.807) is 31.8 Å². The van der Waals surface area contributed by atoms with Gasteiger partial charge in [-0.3, -0.25) is 14.8 Å². The Bertz CT molecular complexity index is 962. The van der Waals surface area contributed by atoms with E-state index < -0.39 is 0 Å². The van der Waals surface area contributed by atoms with Crippen LogP contribution in [-0.4, -0.2) is 46.0 Å². The summed E-state index contributed by atoms with van der Waals surface area (Å²) in [5.41, 5.74) is 3.32. The number of likely N-dealkylation sites (tertiary alicyclic amines) is 1. The van der Waals surface area contributed by atoms with Gasteiger partial charge < -0.3 is 9.64 Å². The fourth-order valence-electron chi connectivity index (χ4n) is 3.57. The average molecular weight is 374 g/mol. The van der Waals surface area contributed by atoms with Crippen molar-refractivity contribution in [3.8, 4) is 17.0 Å². The lowest BCUT2D eigenvalue weighted by molar-refractivity contribution is 0.0705. The van der Waals surface area contributed by atoms with Crippen LogP contribution >= 0.6 is 0 Å². The number of amides is 1. The van der Waals surface area contributed by atoms with Crippen LogP contribution in [0.25, 0.3) is 11.3 Å². The molecule has 1 saturated heterocycles. The Morgan fingerprint density at radius 1 is 1.14 bits per heavy atom. The molecule has 6 heteroatoms. The summed E-state index contributed by atoms with van der Waals surface area (Å²) in [6.07, 6.45) is 8.81. The van der Waals surface area contributed by atoms with Crippen LogP contribution in [0.15, 0.2) is 61.2 Å². The fourth-order valence-corrected chi connectivity index (χ4v) is 3.57. The summed E-state index contributed by atoms with van der Waals surface area (Å²) in [4.78, 5) is 28.0. The second kappa shape index (κ2) is 8.17. The molecule has 2 aromatic heterocycles. The molecule has 28 heavy (non-hydrogen) atoms. The molecular formula is C22H22N4O2. The second-order valence-electron chi connectivity index (χ2n) is 6.89. The number of hydrogen-bond acceptors (Lipinski definition) is 5. The first-order chi connectivity index (χ1) is 13.7. The van der Waals surface area contributed by atoms with Gasteiger partial charge in [0.15, 0.2) is 0 Å². The van der Waals surface area contributed by atoms with E-state index >= 15 is 0 Å². The van der Waals surface area contributed by atoms with Gasteiger partial charge in [0.05, 0.1) is 30.3 Å². The molecule has 1 atom stereocenters. The van der Waals surface area contributed by atoms with Crippen molar-refractivity contribution < 1.29 is 9.53 Å². The van der Waals surface area contributed by atoms with E-state index in [2.05, 4.69) is 9.97 Å². The number of pyridine rings is 1. The Morgan fingerprint density at radius 3 is 2.89 bits per heavy atom. The number of aromatic nitrogens is 3. The zero-order valence-electron chi connectivity index (χ0n) is 15.8. The molecule has 1 unspecified atom stereocenters. The summed E-state index contributed by atoms with van der Waals surface area (Å²) >= 11 is 0. The Kier molecular flexibility index (Phi) is 5.28. The van der Waals surface area contributed by atoms with Crippen molar-refractivity contribution in [2.24, 2.45) is 0 Å². The van der Waals surface area contributed by atoms with Gasteiger partial charge in [-0.15, -0.1) is 0 Å². The van der Waals surface area contributed by atoms with Crippen molar-refractivity contribution in [1.29, 1.82) is 0 Å². The molecule has 0 N–H and O–H groups in total. The van der Waals surface area contributed by atoms with Crippen molar-refractivity contribution in [2.75, 3.05) is 20.2 Å². The number of benzene rings is 1. The lowest BCUT2D eigenvalue weighted by Crippen LogP contribution is -2.39. The first-order valence-corrected chi connectivity index (χ1v) is 9.40. The van der Waals surface area contributed by atoms with Gasteiger partial charge in [0.25, 0.3) is 5.91 Å². The number of carbonyl (C=O) groups excluding carboxylic acids is 1. The number of hydrogen-bond donors (Lipinski definition) is 0. The van der Waals surface area contributed by atoms with Crippen LogP contribution in [0.4, 0.5) is 0 Å². The van der Waals surface area contributed by atoms with Gasteiger partial charge >= 0.3 is 0 Å². The monoisotopic (exact) mass is 374 g/mol. The van der Waals surface area contributed by atoms with Crippen LogP contribution < -0.4 is 4.74 Å². The highest BCUT2D eigenvalue weighted by atomic mass is 16.5. The summed E-state index contributed by atoms with van der Waals surface area (Å²) < 4.78 is 5.31. The topological polar surface area (TPSA) is 68.2 Å². The van der Waals surface area contributed by atoms with Gasteiger partial charge in [-0.1, -0.05) is 12.1 Å². The van der Waals surface area contributed by atoms with E-state index in [4.69, 9.17) is 9.72 Å². The molecule has 6 nitrogen and oxygen atoms in total. The van der Waals surface area contributed by atoms with Crippen LogP contribution in [0.5, 0.6) is 5.75 Å². The Morgan fingerprint density at radius 2 is 2.07 bits per heavy atom. The predicted molar refractivity (Wildman–Crippen MR) is 106 cm³/mol. The number of nitrogens with zero attached hydrogens (tertiary/aromatic N) is 4. The van der Waals surface area contributed by atoms with Gasteiger partial charge in [-0.2, -0.15) is 0 Å². The number of piperidine rings is 1. The molecule has 0 radical (unpaired) electrons. The predicted octanol–water partition coefficient (Wildman–Crippen LogP) is 3.57. The van der Waals surface area contributed by atoms with Crippen LogP contribution in [0.3, 0.4) is 0 Å². The highest BCUT2D eigenvalue weighted by Gasteiger charge is 2.26. The maximum atomic E-state index is 12.8. The van der Waals surface area contributed by atoms with Crippen LogP contribution in [0, 0.1) is 0 Å². The quantitative estimate of drug-likeness (QED) is 0.698. The molecule has 0 aliphatic carbocycles. The van der Waals surface area contributed by atoms with E-state index in [9.17, 15) is 4.79 Å². The first kappa shape index (κ1) is 18.1. The molecule has 1 aliphatic heterocycles. The molecule has 142 valence electrons. The van der Waals surface area contributed by atoms with Crippen molar-refractivity contribution >= 4 is 5.91 Å². The number of methoxy groups -OCH3 is 1. The molecule has 4 rings (SSSR count). The van der Waals surface area contributed by atoms with Crippen LogP contribution in [0.1, 0.15) is 34.8 Å². The van der Waals surface area contributed by atoms with Gasteiger partial charge in [-0.25, -0.2) is 4.98 Å². The Hall–Kier alpha value is -3.28. The molecule has 1 amide bonds. The van der Waals surface area contributed by atoms with E-state index in [0.717, 1.165) is 42.1 Å². The minimum atomic E-state index is 0.0229. The van der Waals surface area contributed by atoms with Gasteiger partial charge in [-0.05, 0) is 37.1 Å². The normalized spacial score (nSPS) is 16.6. The third-order valence-corrected chi connectivity index (χ3v) is 5.05. The molecule has 3 heterocycles. The molecule has 3 aromatic rings. The molecule has 1 aromatic carbocycles. The summed E-state index contributed by atoms with van der Waals surface area (Å²) in [5.74, 6) is 0.984. The third-order valence-electron chi connectivity index (χ3n) is 5.05. The highest BCUT2D eigenvalue weighted by Crippen LogP contribution is 2.28. The van der Waals surface area contributed by atoms with Crippen molar-refractivity contribution in [3.05, 3.63) is 72.4 Å². The molecule has 0 saturated carbocycles. The number of carbonyl (C=O) groups is 1. The summed E-state index contributed by atoms with van der Waals surface area (Å²) in [7, 11) is 1.65. The Labute approximate surface area is 164 Å². The van der Waals surface area contributed by atoms with Crippen molar-refractivity contribution in [1.82, 2.24) is 19.9 Å². The maximum Gasteiger partial charge on any atom is 0.255 e. The molecule has 1 fully saturated rings.